The van der Waals surface area contributed by atoms with Gasteiger partial charge in [-0.15, -0.1) is 5.11 Å². The van der Waals surface area contributed by atoms with Crippen LogP contribution in [0.25, 0.3) is 10.9 Å². The van der Waals surface area contributed by atoms with E-state index < -0.39 is 10.0 Å². The first-order valence-corrected chi connectivity index (χ1v) is 9.99. The minimum absolute atomic E-state index is 0.0266. The van der Waals surface area contributed by atoms with Crippen molar-refractivity contribution >= 4 is 43.9 Å². The molecule has 1 aliphatic heterocycles. The van der Waals surface area contributed by atoms with Gasteiger partial charge in [0.1, 0.15) is 0 Å². The number of hydrogen-bond acceptors (Lipinski definition) is 6. The number of H-pyrrole nitrogens is 1. The van der Waals surface area contributed by atoms with Gasteiger partial charge in [-0.25, -0.2) is 13.6 Å². The SMILES string of the molecule is CC(=O)N1CCc2cc3[nH]c(O)c(N=Nc4ccc(S(N)(=O)=O)cc4)c3cc21. The zero-order valence-electron chi connectivity index (χ0n) is 14.9. The van der Waals surface area contributed by atoms with Crippen molar-refractivity contribution in [2.24, 2.45) is 15.4 Å². The van der Waals surface area contributed by atoms with E-state index in [1.807, 2.05) is 12.1 Å². The maximum Gasteiger partial charge on any atom is 0.238 e. The van der Waals surface area contributed by atoms with Crippen LogP contribution in [-0.2, 0) is 21.2 Å². The van der Waals surface area contributed by atoms with Crippen molar-refractivity contribution in [3.8, 4) is 5.88 Å². The molecular formula is C18H17N5O4S. The monoisotopic (exact) mass is 399 g/mol. The van der Waals surface area contributed by atoms with Gasteiger partial charge in [-0.1, -0.05) is 0 Å². The molecule has 4 N–H and O–H groups in total. The number of aromatic amines is 1. The zero-order chi connectivity index (χ0) is 20.1. The number of nitrogens with two attached hydrogens (primary N) is 1. The van der Waals surface area contributed by atoms with E-state index in [1.165, 1.54) is 31.2 Å². The Bertz CT molecular complexity index is 1230. The van der Waals surface area contributed by atoms with Crippen LogP contribution in [0.3, 0.4) is 0 Å². The number of primary sulfonamides is 1. The van der Waals surface area contributed by atoms with E-state index in [0.29, 0.717) is 23.1 Å². The van der Waals surface area contributed by atoms with E-state index in [1.54, 1.807) is 4.90 Å². The molecule has 0 atom stereocenters. The number of aromatic hydroxyl groups is 1. The van der Waals surface area contributed by atoms with Gasteiger partial charge in [0.15, 0.2) is 5.69 Å². The third-order valence-electron chi connectivity index (χ3n) is 4.66. The van der Waals surface area contributed by atoms with Crippen molar-refractivity contribution in [2.75, 3.05) is 11.4 Å². The maximum atomic E-state index is 11.8. The fourth-order valence-corrected chi connectivity index (χ4v) is 3.80. The molecule has 0 radical (unpaired) electrons. The number of amides is 1. The second-order valence-corrected chi connectivity index (χ2v) is 8.07. The summed E-state index contributed by atoms with van der Waals surface area (Å²) in [6.45, 7) is 2.14. The lowest BCUT2D eigenvalue weighted by molar-refractivity contribution is -0.116. The molecule has 0 bridgehead atoms. The second kappa shape index (κ2) is 6.43. The molecule has 1 amide bonds. The molecule has 1 aliphatic rings. The van der Waals surface area contributed by atoms with Crippen molar-refractivity contribution in [3.05, 3.63) is 42.0 Å². The predicted octanol–water partition coefficient (Wildman–Crippen LogP) is 2.85. The van der Waals surface area contributed by atoms with Gasteiger partial charge in [-0.05, 0) is 48.4 Å². The molecule has 4 rings (SSSR count). The summed E-state index contributed by atoms with van der Waals surface area (Å²) in [4.78, 5) is 16.3. The van der Waals surface area contributed by atoms with Gasteiger partial charge in [-0.3, -0.25) is 4.79 Å². The quantitative estimate of drug-likeness (QED) is 0.582. The number of sulfonamides is 1. The summed E-state index contributed by atoms with van der Waals surface area (Å²) in [7, 11) is -3.78. The minimum Gasteiger partial charge on any atom is -0.493 e. The van der Waals surface area contributed by atoms with E-state index in [-0.39, 0.29) is 22.4 Å². The molecule has 28 heavy (non-hydrogen) atoms. The molecule has 0 saturated heterocycles. The molecule has 10 heteroatoms. The first kappa shape index (κ1) is 18.1. The van der Waals surface area contributed by atoms with Crippen LogP contribution < -0.4 is 10.0 Å². The smallest absolute Gasteiger partial charge is 0.238 e. The lowest BCUT2D eigenvalue weighted by Crippen LogP contribution is -2.25. The number of azo groups is 1. The number of carbonyl (C=O) groups is 1. The number of hydrogen-bond donors (Lipinski definition) is 3. The maximum absolute atomic E-state index is 11.8. The van der Waals surface area contributed by atoms with Crippen LogP contribution in [0.4, 0.5) is 17.1 Å². The molecule has 9 nitrogen and oxygen atoms in total. The molecule has 0 aliphatic carbocycles. The van der Waals surface area contributed by atoms with E-state index >= 15 is 0 Å². The average Bonchev–Trinajstić information content (AvgIpc) is 3.17. The Morgan fingerprint density at radius 3 is 2.57 bits per heavy atom. The summed E-state index contributed by atoms with van der Waals surface area (Å²) in [5.41, 5.74) is 3.15. The second-order valence-electron chi connectivity index (χ2n) is 6.51. The van der Waals surface area contributed by atoms with Gasteiger partial charge in [0, 0.05) is 24.5 Å². The average molecular weight is 399 g/mol. The largest absolute Gasteiger partial charge is 0.493 e. The molecule has 2 aromatic carbocycles. The molecule has 0 unspecified atom stereocenters. The number of rotatable bonds is 3. The van der Waals surface area contributed by atoms with Crippen LogP contribution in [0.5, 0.6) is 5.88 Å². The summed E-state index contributed by atoms with van der Waals surface area (Å²) >= 11 is 0. The number of anilines is 1. The van der Waals surface area contributed by atoms with Crippen LogP contribution in [0, 0.1) is 0 Å². The topological polar surface area (TPSA) is 141 Å². The van der Waals surface area contributed by atoms with Crippen molar-refractivity contribution in [1.82, 2.24) is 4.98 Å². The van der Waals surface area contributed by atoms with Gasteiger partial charge >= 0.3 is 0 Å². The number of fused-ring (bicyclic) bond motifs is 2. The molecule has 0 saturated carbocycles. The molecule has 0 spiro atoms. The van der Waals surface area contributed by atoms with Gasteiger partial charge < -0.3 is 15.0 Å². The first-order chi connectivity index (χ1) is 13.2. The van der Waals surface area contributed by atoms with E-state index in [0.717, 1.165) is 17.7 Å². The standard InChI is InChI=1S/C18H17N5O4S/c1-10(24)23-7-6-11-8-15-14(9-16(11)23)17(18(25)20-15)22-21-12-2-4-13(5-3-12)28(19,26)27/h2-5,8-9,20,25H,6-7H2,1H3,(H2,19,26,27). The van der Waals surface area contributed by atoms with Crippen LogP contribution in [-0.4, -0.2) is 31.0 Å². The van der Waals surface area contributed by atoms with Gasteiger partial charge in [-0.2, -0.15) is 5.11 Å². The first-order valence-electron chi connectivity index (χ1n) is 8.44. The number of nitrogens with one attached hydrogen (secondary N) is 1. The number of nitrogens with zero attached hydrogens (tertiary/aromatic N) is 3. The highest BCUT2D eigenvalue weighted by molar-refractivity contribution is 7.89. The lowest BCUT2D eigenvalue weighted by Gasteiger charge is -2.14. The van der Waals surface area contributed by atoms with E-state index in [4.69, 9.17) is 5.14 Å². The Morgan fingerprint density at radius 2 is 1.93 bits per heavy atom. The Morgan fingerprint density at radius 1 is 1.21 bits per heavy atom. The molecule has 1 aromatic heterocycles. The van der Waals surface area contributed by atoms with Crippen molar-refractivity contribution < 1.29 is 18.3 Å². The fourth-order valence-electron chi connectivity index (χ4n) is 3.29. The summed E-state index contributed by atoms with van der Waals surface area (Å²) in [5.74, 6) is -0.186. The third-order valence-corrected chi connectivity index (χ3v) is 5.59. The van der Waals surface area contributed by atoms with Crippen LogP contribution in [0.15, 0.2) is 51.5 Å². The number of benzene rings is 2. The minimum atomic E-state index is -3.78. The van der Waals surface area contributed by atoms with E-state index in [9.17, 15) is 18.3 Å². The Kier molecular flexibility index (Phi) is 4.16. The molecule has 0 fully saturated rings. The highest BCUT2D eigenvalue weighted by Gasteiger charge is 2.24. The predicted molar refractivity (Wildman–Crippen MR) is 104 cm³/mol. The van der Waals surface area contributed by atoms with Gasteiger partial charge in [0.05, 0.1) is 16.1 Å². The fraction of sp³-hybridized carbons (Fsp3) is 0.167. The zero-order valence-corrected chi connectivity index (χ0v) is 15.7. The highest BCUT2D eigenvalue weighted by Crippen LogP contribution is 2.41. The summed E-state index contributed by atoms with van der Waals surface area (Å²) in [6.07, 6.45) is 0.748. The number of aromatic nitrogens is 1. The molecular weight excluding hydrogens is 382 g/mol. The molecule has 3 aromatic rings. The summed E-state index contributed by atoms with van der Waals surface area (Å²) in [6, 6.07) is 9.29. The third kappa shape index (κ3) is 3.12. The van der Waals surface area contributed by atoms with Gasteiger partial charge in [0.25, 0.3) is 0 Å². The Labute approximate surface area is 160 Å². The van der Waals surface area contributed by atoms with Crippen molar-refractivity contribution in [2.45, 2.75) is 18.2 Å². The van der Waals surface area contributed by atoms with Crippen LogP contribution in [0.2, 0.25) is 0 Å². The normalized spacial score (nSPS) is 14.1. The molecule has 2 heterocycles. The highest BCUT2D eigenvalue weighted by atomic mass is 32.2. The lowest BCUT2D eigenvalue weighted by atomic mass is 10.1. The van der Waals surface area contributed by atoms with E-state index in [2.05, 4.69) is 15.2 Å². The van der Waals surface area contributed by atoms with Crippen LogP contribution in [0.1, 0.15) is 12.5 Å². The Balaban J connectivity index is 1.73. The van der Waals surface area contributed by atoms with Gasteiger partial charge in [0.2, 0.25) is 21.8 Å². The van der Waals surface area contributed by atoms with Crippen LogP contribution >= 0.6 is 0 Å². The summed E-state index contributed by atoms with van der Waals surface area (Å²) < 4.78 is 22.6. The summed E-state index contributed by atoms with van der Waals surface area (Å²) in [5, 5.41) is 24.1. The molecule has 144 valence electrons. The van der Waals surface area contributed by atoms with Crippen molar-refractivity contribution in [3.63, 3.8) is 0 Å². The Hall–Kier alpha value is -3.24. The van der Waals surface area contributed by atoms with Crippen molar-refractivity contribution in [1.29, 1.82) is 0 Å². The number of carbonyl (C=O) groups excluding carboxylic acids is 1.